The lowest BCUT2D eigenvalue weighted by atomic mass is 10.1. The summed E-state index contributed by atoms with van der Waals surface area (Å²) >= 11 is 0. The molecule has 0 aliphatic rings. The molecule has 0 fully saturated rings. The van der Waals surface area contributed by atoms with Crippen LogP contribution < -0.4 is 0 Å². The van der Waals surface area contributed by atoms with Gasteiger partial charge in [0, 0.05) is 0 Å². The maximum Gasteiger partial charge on any atom is -0.0321 e. The first-order valence-electron chi connectivity index (χ1n) is 4.53. The molecule has 0 amide bonds. The van der Waals surface area contributed by atoms with Crippen LogP contribution in [-0.4, -0.2) is 0 Å². The molecule has 0 saturated carbocycles. The summed E-state index contributed by atoms with van der Waals surface area (Å²) in [6.07, 6.45) is 8.82. The van der Waals surface area contributed by atoms with Crippen LogP contribution in [0.2, 0.25) is 0 Å². The smallest absolute Gasteiger partial charge is 0.0321 e. The molecule has 0 aliphatic heterocycles. The molecular weight excluding hydrogens is 120 g/mol. The van der Waals surface area contributed by atoms with Crippen LogP contribution in [-0.2, 0) is 0 Å². The van der Waals surface area contributed by atoms with Crippen LogP contribution in [0.25, 0.3) is 0 Å². The Hall–Kier alpha value is -0.260. The van der Waals surface area contributed by atoms with Gasteiger partial charge in [-0.3, -0.25) is 0 Å². The largest absolute Gasteiger partial charge is 0.0856 e. The zero-order valence-corrected chi connectivity index (χ0v) is 7.61. The van der Waals surface area contributed by atoms with Crippen molar-refractivity contribution in [1.82, 2.24) is 0 Å². The van der Waals surface area contributed by atoms with Gasteiger partial charge in [0.15, 0.2) is 0 Å². The minimum atomic E-state index is 1.20. The van der Waals surface area contributed by atoms with Gasteiger partial charge in [-0.25, -0.2) is 0 Å². The normalized spacial score (nSPS) is 12.1. The van der Waals surface area contributed by atoms with E-state index >= 15 is 0 Å². The highest BCUT2D eigenvalue weighted by molar-refractivity contribution is 5.00. The first-order valence-corrected chi connectivity index (χ1v) is 4.53. The molecule has 0 atom stereocenters. The molecule has 0 aromatic heterocycles. The van der Waals surface area contributed by atoms with Gasteiger partial charge in [0.05, 0.1) is 0 Å². The highest BCUT2D eigenvalue weighted by Gasteiger charge is 1.90. The summed E-state index contributed by atoms with van der Waals surface area (Å²) in [7, 11) is 0. The molecule has 0 radical (unpaired) electrons. The van der Waals surface area contributed by atoms with E-state index in [1.165, 1.54) is 32.1 Å². The maximum absolute atomic E-state index is 2.37. The Morgan fingerprint density at radius 3 is 2.30 bits per heavy atom. The third kappa shape index (κ3) is 4.60. The van der Waals surface area contributed by atoms with Gasteiger partial charge in [-0.05, 0) is 25.7 Å². The van der Waals surface area contributed by atoms with E-state index < -0.39 is 0 Å². The van der Waals surface area contributed by atoms with Gasteiger partial charge in [0.1, 0.15) is 0 Å². The molecule has 0 saturated heterocycles. The van der Waals surface area contributed by atoms with E-state index in [0.29, 0.717) is 0 Å². The monoisotopic (exact) mass is 140 g/mol. The summed E-state index contributed by atoms with van der Waals surface area (Å²) in [5, 5.41) is 0. The average molecular weight is 140 g/mol. The van der Waals surface area contributed by atoms with Gasteiger partial charge >= 0.3 is 0 Å². The average Bonchev–Trinajstić information content (AvgIpc) is 1.98. The van der Waals surface area contributed by atoms with Crippen LogP contribution in [0.3, 0.4) is 0 Å². The topological polar surface area (TPSA) is 0 Å². The fraction of sp³-hybridized carbons (Fsp3) is 0.800. The summed E-state index contributed by atoms with van der Waals surface area (Å²) in [4.78, 5) is 0. The summed E-state index contributed by atoms with van der Waals surface area (Å²) in [6, 6.07) is 0. The van der Waals surface area contributed by atoms with Crippen molar-refractivity contribution >= 4 is 0 Å². The Kier molecular flexibility index (Phi) is 6.68. The van der Waals surface area contributed by atoms with Gasteiger partial charge in [-0.1, -0.05) is 38.8 Å². The van der Waals surface area contributed by atoms with Gasteiger partial charge in [0.25, 0.3) is 0 Å². The predicted octanol–water partition coefficient (Wildman–Crippen LogP) is 3.92. The third-order valence-electron chi connectivity index (χ3n) is 1.80. The second kappa shape index (κ2) is 6.85. The second-order valence-corrected chi connectivity index (χ2v) is 2.73. The molecular formula is C10H20. The molecule has 60 valence electrons. The number of unbranched alkanes of at least 4 members (excludes halogenated alkanes) is 1. The molecule has 0 heterocycles. The Balaban J connectivity index is 3.49. The van der Waals surface area contributed by atoms with E-state index in [9.17, 15) is 0 Å². The Labute approximate surface area is 65.3 Å². The fourth-order valence-electron chi connectivity index (χ4n) is 1.12. The number of allylic oxidation sites excluding steroid dienone is 2. The lowest BCUT2D eigenvalue weighted by Crippen LogP contribution is -1.80. The zero-order valence-electron chi connectivity index (χ0n) is 7.61. The Morgan fingerprint density at radius 1 is 1.20 bits per heavy atom. The SMILES string of the molecule is CCC=C(CC)CCCC. The van der Waals surface area contributed by atoms with Crippen molar-refractivity contribution in [3.05, 3.63) is 11.6 Å². The molecule has 0 aliphatic carbocycles. The molecule has 0 aromatic rings. The molecule has 0 bridgehead atoms. The van der Waals surface area contributed by atoms with Gasteiger partial charge in [-0.2, -0.15) is 0 Å². The molecule has 0 heteroatoms. The van der Waals surface area contributed by atoms with Crippen molar-refractivity contribution in [3.8, 4) is 0 Å². The van der Waals surface area contributed by atoms with Crippen molar-refractivity contribution in [2.45, 2.75) is 52.9 Å². The van der Waals surface area contributed by atoms with Crippen LogP contribution in [0.4, 0.5) is 0 Å². The molecule has 0 aromatic carbocycles. The van der Waals surface area contributed by atoms with Crippen LogP contribution in [0.1, 0.15) is 52.9 Å². The molecule has 0 unspecified atom stereocenters. The van der Waals surface area contributed by atoms with Crippen molar-refractivity contribution in [3.63, 3.8) is 0 Å². The Bertz CT molecular complexity index is 90.2. The van der Waals surface area contributed by atoms with Crippen LogP contribution in [0.5, 0.6) is 0 Å². The van der Waals surface area contributed by atoms with Gasteiger partial charge in [-0.15, -0.1) is 0 Å². The molecule has 10 heavy (non-hydrogen) atoms. The lowest BCUT2D eigenvalue weighted by Gasteiger charge is -2.01. The first kappa shape index (κ1) is 9.74. The molecule has 0 nitrogen and oxygen atoms in total. The van der Waals surface area contributed by atoms with E-state index in [1.54, 1.807) is 5.57 Å². The van der Waals surface area contributed by atoms with Gasteiger partial charge in [0.2, 0.25) is 0 Å². The quantitative estimate of drug-likeness (QED) is 0.508. The van der Waals surface area contributed by atoms with Crippen molar-refractivity contribution in [2.75, 3.05) is 0 Å². The fourth-order valence-corrected chi connectivity index (χ4v) is 1.12. The highest BCUT2D eigenvalue weighted by Crippen LogP contribution is 2.11. The van der Waals surface area contributed by atoms with E-state index in [1.807, 2.05) is 0 Å². The predicted molar refractivity (Wildman–Crippen MR) is 48.2 cm³/mol. The summed E-state index contributed by atoms with van der Waals surface area (Å²) in [5.74, 6) is 0. The minimum Gasteiger partial charge on any atom is -0.0856 e. The van der Waals surface area contributed by atoms with Gasteiger partial charge < -0.3 is 0 Å². The van der Waals surface area contributed by atoms with Crippen molar-refractivity contribution in [1.29, 1.82) is 0 Å². The zero-order chi connectivity index (χ0) is 7.82. The second-order valence-electron chi connectivity index (χ2n) is 2.73. The van der Waals surface area contributed by atoms with Crippen molar-refractivity contribution in [2.24, 2.45) is 0 Å². The van der Waals surface area contributed by atoms with Crippen molar-refractivity contribution < 1.29 is 0 Å². The van der Waals surface area contributed by atoms with Crippen LogP contribution in [0.15, 0.2) is 11.6 Å². The van der Waals surface area contributed by atoms with E-state index in [-0.39, 0.29) is 0 Å². The summed E-state index contributed by atoms with van der Waals surface area (Å²) in [5.41, 5.74) is 1.64. The van der Waals surface area contributed by atoms with E-state index in [2.05, 4.69) is 26.8 Å². The van der Waals surface area contributed by atoms with E-state index in [4.69, 9.17) is 0 Å². The maximum atomic E-state index is 2.37. The molecule has 0 N–H and O–H groups in total. The Morgan fingerprint density at radius 2 is 1.90 bits per heavy atom. The number of hydrogen-bond acceptors (Lipinski definition) is 0. The number of hydrogen-bond donors (Lipinski definition) is 0. The lowest BCUT2D eigenvalue weighted by molar-refractivity contribution is 0.762. The summed E-state index contributed by atoms with van der Waals surface area (Å²) in [6.45, 7) is 6.71. The molecule has 0 rings (SSSR count). The highest BCUT2D eigenvalue weighted by atomic mass is 14.0. The first-order chi connectivity index (χ1) is 4.85. The number of rotatable bonds is 5. The third-order valence-corrected chi connectivity index (χ3v) is 1.80. The van der Waals surface area contributed by atoms with E-state index in [0.717, 1.165) is 0 Å². The summed E-state index contributed by atoms with van der Waals surface area (Å²) < 4.78 is 0. The van der Waals surface area contributed by atoms with Crippen LogP contribution >= 0.6 is 0 Å². The minimum absolute atomic E-state index is 1.20. The molecule has 0 spiro atoms. The standard InChI is InChI=1S/C10H20/c1-4-7-9-10(6-3)8-5-2/h8H,4-7,9H2,1-3H3. The van der Waals surface area contributed by atoms with Crippen LogP contribution in [0, 0.1) is 0 Å².